The van der Waals surface area contributed by atoms with Crippen LogP contribution in [0.1, 0.15) is 16.7 Å². The highest BCUT2D eigenvalue weighted by atomic mass is 14.4. The van der Waals surface area contributed by atoms with Gasteiger partial charge in [-0.2, -0.15) is 0 Å². The van der Waals surface area contributed by atoms with Gasteiger partial charge in [0.25, 0.3) is 0 Å². The Morgan fingerprint density at radius 1 is 0.621 bits per heavy atom. The van der Waals surface area contributed by atoms with Crippen LogP contribution in [0.3, 0.4) is 0 Å². The van der Waals surface area contributed by atoms with Gasteiger partial charge in [-0.05, 0) is 57.0 Å². The van der Waals surface area contributed by atoms with E-state index < -0.39 is 0 Å². The van der Waals surface area contributed by atoms with Crippen molar-refractivity contribution < 1.29 is 0 Å². The third kappa shape index (κ3) is 2.39. The molecule has 0 N–H and O–H groups in total. The second-order valence-corrected chi connectivity index (χ2v) is 8.17. The summed E-state index contributed by atoms with van der Waals surface area (Å²) in [4.78, 5) is 0. The molecule has 3 aromatic carbocycles. The van der Waals surface area contributed by atoms with Gasteiger partial charge in [0.15, 0.2) is 0 Å². The molecule has 6 rings (SSSR count). The SMILES string of the molecule is Cc1cc(-c2ccccc2)c2c(c1-c1ccccc1)C1=CC=CC3C=CC=C2C13. The Morgan fingerprint density at radius 2 is 1.21 bits per heavy atom. The normalized spacial score (nSPS) is 20.7. The molecule has 0 saturated carbocycles. The van der Waals surface area contributed by atoms with Crippen LogP contribution in [0, 0.1) is 18.8 Å². The average Bonchev–Trinajstić information content (AvgIpc) is 3.11. The summed E-state index contributed by atoms with van der Waals surface area (Å²) in [6.07, 6.45) is 13.9. The van der Waals surface area contributed by atoms with Gasteiger partial charge in [-0.25, -0.2) is 0 Å². The van der Waals surface area contributed by atoms with E-state index in [0.717, 1.165) is 0 Å². The first-order chi connectivity index (χ1) is 14.3. The van der Waals surface area contributed by atoms with Crippen LogP contribution in [0.5, 0.6) is 0 Å². The fourth-order valence-corrected chi connectivity index (χ4v) is 5.36. The third-order valence-corrected chi connectivity index (χ3v) is 6.52. The van der Waals surface area contributed by atoms with E-state index in [1.807, 2.05) is 0 Å². The minimum atomic E-state index is 0.437. The fourth-order valence-electron chi connectivity index (χ4n) is 5.36. The second-order valence-electron chi connectivity index (χ2n) is 8.17. The van der Waals surface area contributed by atoms with Crippen molar-refractivity contribution in [3.63, 3.8) is 0 Å². The van der Waals surface area contributed by atoms with Crippen molar-refractivity contribution in [1.29, 1.82) is 0 Å². The number of hydrogen-bond donors (Lipinski definition) is 0. The zero-order chi connectivity index (χ0) is 19.4. The van der Waals surface area contributed by atoms with Crippen molar-refractivity contribution in [3.8, 4) is 22.3 Å². The number of allylic oxidation sites excluding steroid dienone is 8. The summed E-state index contributed by atoms with van der Waals surface area (Å²) in [5.41, 5.74) is 12.5. The molecule has 0 spiro atoms. The van der Waals surface area contributed by atoms with Gasteiger partial charge in [0.2, 0.25) is 0 Å². The third-order valence-electron chi connectivity index (χ3n) is 6.52. The first-order valence-corrected chi connectivity index (χ1v) is 10.4. The Hall–Kier alpha value is -3.38. The fraction of sp³-hybridized carbons (Fsp3) is 0.103. The lowest BCUT2D eigenvalue weighted by molar-refractivity contribution is 0.707. The average molecular weight is 370 g/mol. The molecule has 29 heavy (non-hydrogen) atoms. The molecule has 0 bridgehead atoms. The van der Waals surface area contributed by atoms with Gasteiger partial charge in [0.1, 0.15) is 0 Å². The van der Waals surface area contributed by atoms with Gasteiger partial charge in [-0.1, -0.05) is 103 Å². The molecule has 0 heteroatoms. The Morgan fingerprint density at radius 3 is 1.86 bits per heavy atom. The maximum absolute atomic E-state index is 2.40. The van der Waals surface area contributed by atoms with Crippen molar-refractivity contribution >= 4 is 11.1 Å². The van der Waals surface area contributed by atoms with E-state index in [1.165, 1.54) is 50.1 Å². The summed E-state index contributed by atoms with van der Waals surface area (Å²) >= 11 is 0. The number of aryl methyl sites for hydroxylation is 1. The summed E-state index contributed by atoms with van der Waals surface area (Å²) in [7, 11) is 0. The first kappa shape index (κ1) is 16.6. The Labute approximate surface area is 172 Å². The summed E-state index contributed by atoms with van der Waals surface area (Å²) < 4.78 is 0. The van der Waals surface area contributed by atoms with E-state index in [2.05, 4.69) is 110 Å². The zero-order valence-electron chi connectivity index (χ0n) is 16.5. The van der Waals surface area contributed by atoms with E-state index in [0.29, 0.717) is 11.8 Å². The van der Waals surface area contributed by atoms with Crippen molar-refractivity contribution in [1.82, 2.24) is 0 Å². The van der Waals surface area contributed by atoms with E-state index in [1.54, 1.807) is 0 Å². The summed E-state index contributed by atoms with van der Waals surface area (Å²) in [6.45, 7) is 2.26. The highest BCUT2D eigenvalue weighted by molar-refractivity contribution is 6.07. The van der Waals surface area contributed by atoms with Crippen LogP contribution in [-0.4, -0.2) is 0 Å². The lowest BCUT2D eigenvalue weighted by atomic mass is 9.77. The van der Waals surface area contributed by atoms with Crippen LogP contribution in [0.2, 0.25) is 0 Å². The first-order valence-electron chi connectivity index (χ1n) is 10.4. The second kappa shape index (κ2) is 6.32. The number of benzene rings is 3. The number of hydrogen-bond acceptors (Lipinski definition) is 0. The van der Waals surface area contributed by atoms with Crippen LogP contribution >= 0.6 is 0 Å². The molecule has 0 aliphatic heterocycles. The Kier molecular flexibility index (Phi) is 3.61. The quantitative estimate of drug-likeness (QED) is 0.438. The smallest absolute Gasteiger partial charge is 0.0200 e. The van der Waals surface area contributed by atoms with Crippen LogP contribution in [0.25, 0.3) is 33.4 Å². The van der Waals surface area contributed by atoms with Gasteiger partial charge in [-0.3, -0.25) is 0 Å². The van der Waals surface area contributed by atoms with E-state index >= 15 is 0 Å². The standard InChI is InChI=1S/C29H22/c1-19-18-25(20-10-4-2-5-11-20)28-23-16-8-14-22-15-9-17-24(27(22)23)29(28)26(19)21-12-6-3-7-13-21/h2-18,22,27H,1H3. The number of rotatable bonds is 2. The molecule has 2 unspecified atom stereocenters. The van der Waals surface area contributed by atoms with E-state index in [9.17, 15) is 0 Å². The highest BCUT2D eigenvalue weighted by Gasteiger charge is 2.40. The minimum Gasteiger partial charge on any atom is -0.0767 e. The molecule has 2 atom stereocenters. The molecule has 138 valence electrons. The maximum atomic E-state index is 2.40. The molecule has 0 amide bonds. The largest absolute Gasteiger partial charge is 0.0767 e. The summed E-state index contributed by atoms with van der Waals surface area (Å²) in [5.74, 6) is 0.890. The predicted molar refractivity (Wildman–Crippen MR) is 123 cm³/mol. The van der Waals surface area contributed by atoms with Gasteiger partial charge >= 0.3 is 0 Å². The molecule has 0 heterocycles. The molecule has 0 saturated heterocycles. The molecule has 3 aliphatic carbocycles. The monoisotopic (exact) mass is 370 g/mol. The molecular formula is C29H22. The van der Waals surface area contributed by atoms with Gasteiger partial charge in [-0.15, -0.1) is 0 Å². The Balaban J connectivity index is 1.75. The van der Waals surface area contributed by atoms with Crippen molar-refractivity contribution in [2.24, 2.45) is 11.8 Å². The summed E-state index contributed by atoms with van der Waals surface area (Å²) in [6, 6.07) is 24.1. The lowest BCUT2D eigenvalue weighted by Gasteiger charge is -2.26. The maximum Gasteiger partial charge on any atom is 0.0200 e. The summed E-state index contributed by atoms with van der Waals surface area (Å²) in [5, 5.41) is 0. The minimum absolute atomic E-state index is 0.437. The lowest BCUT2D eigenvalue weighted by Crippen LogP contribution is -2.14. The topological polar surface area (TPSA) is 0 Å². The predicted octanol–water partition coefficient (Wildman–Crippen LogP) is 7.48. The molecular weight excluding hydrogens is 348 g/mol. The van der Waals surface area contributed by atoms with Crippen LogP contribution in [-0.2, 0) is 0 Å². The van der Waals surface area contributed by atoms with E-state index in [4.69, 9.17) is 0 Å². The van der Waals surface area contributed by atoms with Crippen molar-refractivity contribution in [3.05, 3.63) is 120 Å². The molecule has 0 aromatic heterocycles. The number of fused-ring (bicyclic) bond motifs is 3. The van der Waals surface area contributed by atoms with Crippen molar-refractivity contribution in [2.45, 2.75) is 6.92 Å². The molecule has 0 fully saturated rings. The van der Waals surface area contributed by atoms with E-state index in [-0.39, 0.29) is 0 Å². The molecule has 3 aromatic rings. The molecule has 0 radical (unpaired) electrons. The van der Waals surface area contributed by atoms with Gasteiger partial charge in [0.05, 0.1) is 0 Å². The van der Waals surface area contributed by atoms with Gasteiger partial charge in [0, 0.05) is 11.8 Å². The van der Waals surface area contributed by atoms with Crippen LogP contribution in [0.15, 0.2) is 103 Å². The van der Waals surface area contributed by atoms with Crippen molar-refractivity contribution in [2.75, 3.05) is 0 Å². The molecule has 3 aliphatic rings. The Bertz CT molecular complexity index is 1230. The zero-order valence-corrected chi connectivity index (χ0v) is 16.5. The molecule has 0 nitrogen and oxygen atoms in total. The van der Waals surface area contributed by atoms with Crippen LogP contribution < -0.4 is 0 Å². The highest BCUT2D eigenvalue weighted by Crippen LogP contribution is 2.58. The van der Waals surface area contributed by atoms with Gasteiger partial charge < -0.3 is 0 Å². The van der Waals surface area contributed by atoms with Crippen LogP contribution in [0.4, 0.5) is 0 Å².